The van der Waals surface area contributed by atoms with E-state index in [0.717, 1.165) is 12.1 Å². The lowest BCUT2D eigenvalue weighted by molar-refractivity contribution is -0.119. The number of anilines is 1. The fraction of sp³-hybridized carbons (Fsp3) is 0.125. The van der Waals surface area contributed by atoms with Gasteiger partial charge in [0.05, 0.1) is 23.4 Å². The first-order valence-corrected chi connectivity index (χ1v) is 7.83. The predicted molar refractivity (Wildman–Crippen MR) is 91.0 cm³/mol. The number of carbonyl (C=O) groups excluding carboxylic acids is 2. The van der Waals surface area contributed by atoms with Crippen LogP contribution >= 0.6 is 27.5 Å². The minimum absolute atomic E-state index is 0.0465. The number of methoxy groups -OCH3 is 1. The van der Waals surface area contributed by atoms with Gasteiger partial charge in [0, 0.05) is 4.47 Å². The van der Waals surface area contributed by atoms with Gasteiger partial charge in [0.2, 0.25) is 0 Å². The van der Waals surface area contributed by atoms with Crippen molar-refractivity contribution in [2.45, 2.75) is 0 Å². The minimum Gasteiger partial charge on any atom is -0.497 e. The molecule has 0 radical (unpaired) electrons. The number of benzene rings is 2. The molecule has 0 spiro atoms. The fourth-order valence-corrected chi connectivity index (χ4v) is 2.40. The van der Waals surface area contributed by atoms with Gasteiger partial charge in [0.15, 0.2) is 6.61 Å². The van der Waals surface area contributed by atoms with Crippen LogP contribution in [0.15, 0.2) is 40.9 Å². The molecule has 0 unspecified atom stereocenters. The van der Waals surface area contributed by atoms with E-state index >= 15 is 0 Å². The summed E-state index contributed by atoms with van der Waals surface area (Å²) < 4.78 is 23.4. The van der Waals surface area contributed by atoms with Gasteiger partial charge in [-0.3, -0.25) is 4.79 Å². The zero-order chi connectivity index (χ0) is 17.7. The van der Waals surface area contributed by atoms with E-state index in [9.17, 15) is 14.0 Å². The number of esters is 1. The van der Waals surface area contributed by atoms with Crippen molar-refractivity contribution in [3.63, 3.8) is 0 Å². The highest BCUT2D eigenvalue weighted by Gasteiger charge is 2.15. The van der Waals surface area contributed by atoms with Crippen LogP contribution in [0.4, 0.5) is 10.1 Å². The second kappa shape index (κ2) is 8.12. The number of hydrogen-bond donors (Lipinski definition) is 1. The zero-order valence-electron chi connectivity index (χ0n) is 12.4. The topological polar surface area (TPSA) is 64.6 Å². The molecule has 0 aliphatic heterocycles. The van der Waals surface area contributed by atoms with Crippen LogP contribution in [0.2, 0.25) is 5.02 Å². The summed E-state index contributed by atoms with van der Waals surface area (Å²) in [6.07, 6.45) is 0. The first-order chi connectivity index (χ1) is 11.4. The molecule has 0 aliphatic rings. The highest BCUT2D eigenvalue weighted by atomic mass is 79.9. The van der Waals surface area contributed by atoms with Gasteiger partial charge in [0.25, 0.3) is 5.91 Å². The molecule has 2 aromatic carbocycles. The Labute approximate surface area is 150 Å². The van der Waals surface area contributed by atoms with Crippen LogP contribution in [-0.4, -0.2) is 25.6 Å². The van der Waals surface area contributed by atoms with E-state index in [0.29, 0.717) is 10.2 Å². The van der Waals surface area contributed by atoms with E-state index in [1.54, 1.807) is 12.1 Å². The Balaban J connectivity index is 1.97. The normalized spacial score (nSPS) is 10.2. The second-order valence-corrected chi connectivity index (χ2v) is 5.86. The summed E-state index contributed by atoms with van der Waals surface area (Å²) in [5.41, 5.74) is 0.448. The summed E-state index contributed by atoms with van der Waals surface area (Å²) in [4.78, 5) is 23.9. The Morgan fingerprint density at radius 3 is 2.67 bits per heavy atom. The Bertz CT molecular complexity index is 785. The van der Waals surface area contributed by atoms with Crippen LogP contribution in [0.25, 0.3) is 0 Å². The van der Waals surface area contributed by atoms with Gasteiger partial charge in [-0.05, 0) is 52.3 Å². The summed E-state index contributed by atoms with van der Waals surface area (Å²) in [5, 5.41) is 2.48. The maximum Gasteiger partial charge on any atom is 0.339 e. The number of rotatable bonds is 5. The van der Waals surface area contributed by atoms with Crippen molar-refractivity contribution in [2.24, 2.45) is 0 Å². The van der Waals surface area contributed by atoms with Crippen molar-refractivity contribution in [1.82, 2.24) is 0 Å². The van der Waals surface area contributed by atoms with Gasteiger partial charge in [-0.15, -0.1) is 0 Å². The molecule has 5 nitrogen and oxygen atoms in total. The number of hydrogen-bond acceptors (Lipinski definition) is 4. The molecule has 0 fully saturated rings. The van der Waals surface area contributed by atoms with Crippen LogP contribution in [0, 0.1) is 5.82 Å². The van der Waals surface area contributed by atoms with Gasteiger partial charge < -0.3 is 14.8 Å². The molecule has 8 heteroatoms. The van der Waals surface area contributed by atoms with Gasteiger partial charge in [0.1, 0.15) is 11.6 Å². The molecule has 2 aromatic rings. The van der Waals surface area contributed by atoms with Gasteiger partial charge in [-0.1, -0.05) is 11.6 Å². The van der Waals surface area contributed by atoms with Crippen molar-refractivity contribution >= 4 is 45.1 Å². The fourth-order valence-electron chi connectivity index (χ4n) is 1.77. The zero-order valence-corrected chi connectivity index (χ0v) is 14.8. The van der Waals surface area contributed by atoms with Crippen LogP contribution in [0.1, 0.15) is 10.4 Å². The van der Waals surface area contributed by atoms with Crippen LogP contribution in [0.3, 0.4) is 0 Å². The van der Waals surface area contributed by atoms with Gasteiger partial charge in [-0.25, -0.2) is 9.18 Å². The van der Waals surface area contributed by atoms with Crippen molar-refractivity contribution in [1.29, 1.82) is 0 Å². The summed E-state index contributed by atoms with van der Waals surface area (Å²) >= 11 is 9.03. The Morgan fingerprint density at radius 2 is 2.00 bits per heavy atom. The average molecular weight is 417 g/mol. The number of ether oxygens (including phenoxy) is 2. The van der Waals surface area contributed by atoms with Gasteiger partial charge in [-0.2, -0.15) is 0 Å². The second-order valence-electron chi connectivity index (χ2n) is 4.59. The highest BCUT2D eigenvalue weighted by Crippen LogP contribution is 2.24. The molecule has 0 bridgehead atoms. The van der Waals surface area contributed by atoms with E-state index in [1.165, 1.54) is 19.2 Å². The first-order valence-electron chi connectivity index (χ1n) is 6.66. The third-order valence-electron chi connectivity index (χ3n) is 2.93. The molecular formula is C16H12BrClFNO4. The summed E-state index contributed by atoms with van der Waals surface area (Å²) in [7, 11) is 1.47. The van der Waals surface area contributed by atoms with E-state index < -0.39 is 24.3 Å². The third-order valence-corrected chi connectivity index (χ3v) is 3.94. The van der Waals surface area contributed by atoms with E-state index in [4.69, 9.17) is 21.1 Å². The average Bonchev–Trinajstić information content (AvgIpc) is 2.55. The van der Waals surface area contributed by atoms with Crippen molar-refractivity contribution in [3.8, 4) is 5.75 Å². The number of nitrogens with one attached hydrogen (secondary N) is 1. The lowest BCUT2D eigenvalue weighted by Gasteiger charge is -2.09. The number of halogens is 3. The molecule has 0 aliphatic carbocycles. The Kier molecular flexibility index (Phi) is 6.16. The predicted octanol–water partition coefficient (Wildman–Crippen LogP) is 4.05. The lowest BCUT2D eigenvalue weighted by atomic mass is 10.2. The number of carbonyl (C=O) groups is 2. The van der Waals surface area contributed by atoms with Crippen LogP contribution in [-0.2, 0) is 9.53 Å². The SMILES string of the molecule is COc1ccc(Br)c(C(=O)OCC(=O)Nc2ccc(F)cc2Cl)c1. The summed E-state index contributed by atoms with van der Waals surface area (Å²) in [6, 6.07) is 8.33. The van der Waals surface area contributed by atoms with Crippen molar-refractivity contribution in [3.05, 3.63) is 57.3 Å². The Hall–Kier alpha value is -2.12. The van der Waals surface area contributed by atoms with E-state index in [-0.39, 0.29) is 16.3 Å². The molecule has 0 heterocycles. The van der Waals surface area contributed by atoms with E-state index in [2.05, 4.69) is 21.2 Å². The van der Waals surface area contributed by atoms with Crippen LogP contribution < -0.4 is 10.1 Å². The van der Waals surface area contributed by atoms with Crippen molar-refractivity contribution in [2.75, 3.05) is 19.0 Å². The van der Waals surface area contributed by atoms with Crippen molar-refractivity contribution < 1.29 is 23.5 Å². The lowest BCUT2D eigenvalue weighted by Crippen LogP contribution is -2.21. The standard InChI is InChI=1S/C16H12BrClFNO4/c1-23-10-3-4-12(17)11(7-10)16(22)24-8-15(21)20-14-5-2-9(19)6-13(14)18/h2-7H,8H2,1H3,(H,20,21). The maximum absolute atomic E-state index is 12.9. The third kappa shape index (κ3) is 4.69. The monoisotopic (exact) mass is 415 g/mol. The molecule has 24 heavy (non-hydrogen) atoms. The van der Waals surface area contributed by atoms with Crippen LogP contribution in [0.5, 0.6) is 5.75 Å². The van der Waals surface area contributed by atoms with E-state index in [1.807, 2.05) is 0 Å². The molecule has 0 saturated carbocycles. The molecule has 126 valence electrons. The smallest absolute Gasteiger partial charge is 0.339 e. The molecule has 0 aromatic heterocycles. The number of amides is 1. The highest BCUT2D eigenvalue weighted by molar-refractivity contribution is 9.10. The minimum atomic E-state index is -0.693. The first kappa shape index (κ1) is 18.2. The molecule has 0 atom stereocenters. The quantitative estimate of drug-likeness (QED) is 0.747. The summed E-state index contributed by atoms with van der Waals surface area (Å²) in [6.45, 7) is -0.518. The largest absolute Gasteiger partial charge is 0.497 e. The summed E-state index contributed by atoms with van der Waals surface area (Å²) in [5.74, 6) is -1.34. The molecule has 0 saturated heterocycles. The maximum atomic E-state index is 12.9. The Morgan fingerprint density at radius 1 is 1.25 bits per heavy atom. The molecular weight excluding hydrogens is 405 g/mol. The molecule has 1 N–H and O–H groups in total. The molecule has 1 amide bonds. The van der Waals surface area contributed by atoms with Gasteiger partial charge >= 0.3 is 5.97 Å². The molecule has 2 rings (SSSR count).